The molecule has 1 rings (SSSR count). The first kappa shape index (κ1) is 14.5. The highest BCUT2D eigenvalue weighted by atomic mass is 32.2. The Morgan fingerprint density at radius 1 is 1.39 bits per heavy atom. The van der Waals surface area contributed by atoms with Gasteiger partial charge in [0.25, 0.3) is 0 Å². The Balaban J connectivity index is 2.64. The van der Waals surface area contributed by atoms with Crippen molar-refractivity contribution in [2.75, 3.05) is 23.8 Å². The summed E-state index contributed by atoms with van der Waals surface area (Å²) in [6.45, 7) is 3.23. The molecule has 0 saturated carbocycles. The van der Waals surface area contributed by atoms with Gasteiger partial charge in [-0.2, -0.15) is 0 Å². The van der Waals surface area contributed by atoms with Gasteiger partial charge in [-0.1, -0.05) is 18.6 Å². The maximum Gasteiger partial charge on any atom is 0.340 e. The lowest BCUT2D eigenvalue weighted by molar-refractivity contribution is 0.0530. The van der Waals surface area contributed by atoms with E-state index in [0.29, 0.717) is 5.69 Å². The number of nitrogen functional groups attached to an aromatic ring is 1. The number of anilines is 1. The minimum atomic E-state index is -3.12. The SMILES string of the molecule is CCS(=O)(=O)CCOC(=O)c1cc(C)ccc1N. The normalized spacial score (nSPS) is 11.2. The number of rotatable bonds is 5. The molecule has 1 aromatic rings. The molecule has 0 radical (unpaired) electrons. The molecule has 0 heterocycles. The molecule has 0 amide bonds. The largest absolute Gasteiger partial charge is 0.461 e. The fraction of sp³-hybridized carbons (Fsp3) is 0.417. The topological polar surface area (TPSA) is 86.5 Å². The zero-order valence-electron chi connectivity index (χ0n) is 10.5. The number of sulfone groups is 1. The molecule has 0 aliphatic heterocycles. The molecule has 100 valence electrons. The quantitative estimate of drug-likeness (QED) is 0.641. The molecule has 2 N–H and O–H groups in total. The van der Waals surface area contributed by atoms with Crippen LogP contribution in [0.4, 0.5) is 5.69 Å². The third kappa shape index (κ3) is 4.03. The Morgan fingerprint density at radius 2 is 2.06 bits per heavy atom. The van der Waals surface area contributed by atoms with E-state index in [1.807, 2.05) is 6.92 Å². The van der Waals surface area contributed by atoms with Gasteiger partial charge in [0.05, 0.1) is 11.3 Å². The van der Waals surface area contributed by atoms with Gasteiger partial charge in [0.15, 0.2) is 9.84 Å². The van der Waals surface area contributed by atoms with E-state index in [1.165, 1.54) is 0 Å². The van der Waals surface area contributed by atoms with Crippen LogP contribution in [-0.4, -0.2) is 32.5 Å². The number of carbonyl (C=O) groups excluding carboxylic acids is 1. The van der Waals surface area contributed by atoms with E-state index in [0.717, 1.165) is 5.56 Å². The van der Waals surface area contributed by atoms with E-state index in [1.54, 1.807) is 25.1 Å². The second-order valence-electron chi connectivity index (χ2n) is 3.96. The van der Waals surface area contributed by atoms with Gasteiger partial charge >= 0.3 is 5.97 Å². The van der Waals surface area contributed by atoms with Crippen molar-refractivity contribution in [3.05, 3.63) is 29.3 Å². The number of aryl methyl sites for hydroxylation is 1. The van der Waals surface area contributed by atoms with Crippen molar-refractivity contribution in [2.45, 2.75) is 13.8 Å². The molecule has 0 atom stereocenters. The smallest absolute Gasteiger partial charge is 0.340 e. The number of ether oxygens (including phenoxy) is 1. The van der Waals surface area contributed by atoms with Crippen molar-refractivity contribution < 1.29 is 17.9 Å². The number of hydrogen-bond donors (Lipinski definition) is 1. The molecule has 0 aliphatic carbocycles. The molecule has 0 aromatic heterocycles. The second-order valence-corrected chi connectivity index (χ2v) is 6.44. The van der Waals surface area contributed by atoms with Gasteiger partial charge in [-0.05, 0) is 19.1 Å². The highest BCUT2D eigenvalue weighted by Crippen LogP contribution is 2.14. The molecule has 18 heavy (non-hydrogen) atoms. The fourth-order valence-corrected chi connectivity index (χ4v) is 1.96. The molecule has 1 aromatic carbocycles. The van der Waals surface area contributed by atoms with E-state index in [-0.39, 0.29) is 23.7 Å². The van der Waals surface area contributed by atoms with Gasteiger partial charge in [0.2, 0.25) is 0 Å². The lowest BCUT2D eigenvalue weighted by Crippen LogP contribution is -2.17. The Kier molecular flexibility index (Phi) is 4.72. The van der Waals surface area contributed by atoms with Crippen molar-refractivity contribution in [3.8, 4) is 0 Å². The van der Waals surface area contributed by atoms with Crippen LogP contribution in [-0.2, 0) is 14.6 Å². The summed E-state index contributed by atoms with van der Waals surface area (Å²) >= 11 is 0. The van der Waals surface area contributed by atoms with E-state index < -0.39 is 15.8 Å². The zero-order chi connectivity index (χ0) is 13.8. The van der Waals surface area contributed by atoms with Crippen LogP contribution < -0.4 is 5.73 Å². The van der Waals surface area contributed by atoms with E-state index in [4.69, 9.17) is 10.5 Å². The number of carbonyl (C=O) groups is 1. The first-order chi connectivity index (χ1) is 8.35. The van der Waals surface area contributed by atoms with Gasteiger partial charge < -0.3 is 10.5 Å². The maximum absolute atomic E-state index is 11.7. The molecule has 6 heteroatoms. The van der Waals surface area contributed by atoms with Gasteiger partial charge in [-0.3, -0.25) is 0 Å². The predicted octanol–water partition coefficient (Wildman–Crippen LogP) is 1.17. The minimum absolute atomic E-state index is 0.0388. The van der Waals surface area contributed by atoms with E-state index in [9.17, 15) is 13.2 Å². The molecule has 0 spiro atoms. The van der Waals surface area contributed by atoms with Crippen molar-refractivity contribution in [1.29, 1.82) is 0 Å². The van der Waals surface area contributed by atoms with Crippen LogP contribution >= 0.6 is 0 Å². The first-order valence-electron chi connectivity index (χ1n) is 5.59. The molecule has 0 saturated heterocycles. The van der Waals surface area contributed by atoms with Crippen molar-refractivity contribution in [1.82, 2.24) is 0 Å². The summed E-state index contributed by atoms with van der Waals surface area (Å²) in [5.74, 6) is -0.722. The Bertz CT molecular complexity index is 537. The van der Waals surface area contributed by atoms with E-state index in [2.05, 4.69) is 0 Å². The molecule has 0 bridgehead atoms. The van der Waals surface area contributed by atoms with Gasteiger partial charge in [0, 0.05) is 11.4 Å². The Morgan fingerprint density at radius 3 is 2.67 bits per heavy atom. The summed E-state index contributed by atoms with van der Waals surface area (Å²) in [6, 6.07) is 5.02. The lowest BCUT2D eigenvalue weighted by atomic mass is 10.1. The molecule has 0 aliphatic rings. The van der Waals surface area contributed by atoms with Crippen LogP contribution in [0.3, 0.4) is 0 Å². The summed E-state index contributed by atoms with van der Waals surface area (Å²) < 4.78 is 27.3. The molecule has 5 nitrogen and oxygen atoms in total. The third-order valence-electron chi connectivity index (χ3n) is 2.50. The Hall–Kier alpha value is -1.56. The van der Waals surface area contributed by atoms with Crippen molar-refractivity contribution in [2.24, 2.45) is 0 Å². The van der Waals surface area contributed by atoms with Crippen LogP contribution in [0.25, 0.3) is 0 Å². The van der Waals surface area contributed by atoms with Crippen LogP contribution in [0.1, 0.15) is 22.8 Å². The van der Waals surface area contributed by atoms with Crippen LogP contribution in [0.2, 0.25) is 0 Å². The summed E-state index contributed by atoms with van der Waals surface area (Å²) in [7, 11) is -3.12. The average molecular weight is 271 g/mol. The number of benzene rings is 1. The standard InChI is InChI=1S/C12H17NO4S/c1-3-18(15,16)7-6-17-12(14)10-8-9(2)4-5-11(10)13/h4-5,8H,3,6-7,13H2,1-2H3. The van der Waals surface area contributed by atoms with Crippen molar-refractivity contribution >= 4 is 21.5 Å². The Labute approximate surface area is 107 Å². The highest BCUT2D eigenvalue weighted by Gasteiger charge is 2.13. The monoisotopic (exact) mass is 271 g/mol. The molecule has 0 unspecified atom stereocenters. The molecular weight excluding hydrogens is 254 g/mol. The summed E-state index contributed by atoms with van der Waals surface area (Å²) in [4.78, 5) is 11.7. The molecule has 0 fully saturated rings. The van der Waals surface area contributed by atoms with Crippen LogP contribution in [0.5, 0.6) is 0 Å². The van der Waals surface area contributed by atoms with Crippen LogP contribution in [0, 0.1) is 6.92 Å². The van der Waals surface area contributed by atoms with Crippen molar-refractivity contribution in [3.63, 3.8) is 0 Å². The summed E-state index contributed by atoms with van der Waals surface area (Å²) in [5, 5.41) is 0. The summed E-state index contributed by atoms with van der Waals surface area (Å²) in [6.07, 6.45) is 0. The highest BCUT2D eigenvalue weighted by molar-refractivity contribution is 7.91. The van der Waals surface area contributed by atoms with Crippen LogP contribution in [0.15, 0.2) is 18.2 Å². The predicted molar refractivity (Wildman–Crippen MR) is 70.2 cm³/mol. The number of esters is 1. The van der Waals surface area contributed by atoms with Gasteiger partial charge in [-0.25, -0.2) is 13.2 Å². The molecular formula is C12H17NO4S. The van der Waals surface area contributed by atoms with Gasteiger partial charge in [-0.15, -0.1) is 0 Å². The number of nitrogens with two attached hydrogens (primary N) is 1. The fourth-order valence-electron chi connectivity index (χ4n) is 1.33. The first-order valence-corrected chi connectivity index (χ1v) is 7.41. The second kappa shape index (κ2) is 5.86. The third-order valence-corrected chi connectivity index (χ3v) is 4.16. The summed E-state index contributed by atoms with van der Waals surface area (Å²) in [5.41, 5.74) is 7.13. The van der Waals surface area contributed by atoms with Gasteiger partial charge in [0.1, 0.15) is 6.61 Å². The lowest BCUT2D eigenvalue weighted by Gasteiger charge is -2.07. The minimum Gasteiger partial charge on any atom is -0.461 e. The average Bonchev–Trinajstić information content (AvgIpc) is 2.32. The van der Waals surface area contributed by atoms with E-state index >= 15 is 0 Å². The number of hydrogen-bond acceptors (Lipinski definition) is 5. The zero-order valence-corrected chi connectivity index (χ0v) is 11.3. The maximum atomic E-state index is 11.7.